The van der Waals surface area contributed by atoms with Crippen LogP contribution in [-0.2, 0) is 4.57 Å². The summed E-state index contributed by atoms with van der Waals surface area (Å²) in [5.41, 5.74) is 0. The molecule has 0 radical (unpaired) electrons. The zero-order chi connectivity index (χ0) is 9.50. The predicted molar refractivity (Wildman–Crippen MR) is 37.6 cm³/mol. The van der Waals surface area contributed by atoms with Crippen LogP contribution in [0.15, 0.2) is 0 Å². The van der Waals surface area contributed by atoms with E-state index in [1.807, 2.05) is 0 Å². The summed E-state index contributed by atoms with van der Waals surface area (Å²) in [6.07, 6.45) is 0. The third-order valence-electron chi connectivity index (χ3n) is 1.20. The summed E-state index contributed by atoms with van der Waals surface area (Å²) in [5.74, 6) is 0. The number of rotatable bonds is 2. The Morgan fingerprint density at radius 3 is 1.55 bits per heavy atom. The van der Waals surface area contributed by atoms with Gasteiger partial charge in [-0.3, -0.25) is 0 Å². The van der Waals surface area contributed by atoms with Crippen molar-refractivity contribution in [3.8, 4) is 0 Å². The molecule has 0 aromatic heterocycles. The molecule has 11 heavy (non-hydrogen) atoms. The molecule has 9 heteroatoms. The first-order valence-corrected chi connectivity index (χ1v) is 5.90. The molecule has 0 aliphatic carbocycles. The molecule has 0 bridgehead atoms. The second-order valence-corrected chi connectivity index (χ2v) is 6.82. The minimum absolute atomic E-state index is 0.458. The fraction of sp³-hybridized carbons (Fsp3) is 1.00. The monoisotopic (exact) mass is 208 g/mol. The molecule has 0 aromatic carbocycles. The summed E-state index contributed by atoms with van der Waals surface area (Å²) < 4.78 is 10.3. The van der Waals surface area contributed by atoms with Crippen LogP contribution in [0.5, 0.6) is 0 Å². The normalized spacial score (nSPS) is 21.0. The molecule has 0 saturated heterocycles. The van der Waals surface area contributed by atoms with Gasteiger partial charge < -0.3 is 0 Å². The molecule has 6 N–H and O–H groups in total. The maximum atomic E-state index is 10.3. The van der Waals surface area contributed by atoms with Gasteiger partial charge in [-0.2, -0.15) is 0 Å². The van der Waals surface area contributed by atoms with Gasteiger partial charge in [-0.15, -0.1) is 0 Å². The molecular formula is C2H10O7P2. The molecule has 70 valence electrons. The Labute approximate surface area is 62.7 Å². The molecule has 0 rings (SSSR count). The van der Waals surface area contributed by atoms with Crippen LogP contribution < -0.4 is 0 Å². The van der Waals surface area contributed by atoms with Gasteiger partial charge in [0, 0.05) is 0 Å². The summed E-state index contributed by atoms with van der Waals surface area (Å²) in [6.45, 7) is 0.458. The first kappa shape index (κ1) is 11.4. The van der Waals surface area contributed by atoms with E-state index in [9.17, 15) is 4.57 Å². The molecule has 7 nitrogen and oxygen atoms in total. The van der Waals surface area contributed by atoms with Crippen LogP contribution in [0.2, 0.25) is 0 Å². The summed E-state index contributed by atoms with van der Waals surface area (Å²) in [5, 5.41) is 5.58. The van der Waals surface area contributed by atoms with E-state index in [2.05, 4.69) is 0 Å². The van der Waals surface area contributed by atoms with E-state index in [4.69, 9.17) is 29.6 Å². The number of aliphatic hydroxyl groups is 1. The topological polar surface area (TPSA) is 138 Å². The fourth-order valence-electron chi connectivity index (χ4n) is 0.195. The van der Waals surface area contributed by atoms with Crippen molar-refractivity contribution in [1.29, 1.82) is 0 Å². The molecule has 0 aromatic rings. The first-order chi connectivity index (χ1) is 4.50. The van der Waals surface area contributed by atoms with E-state index in [0.717, 1.165) is 0 Å². The Hall–Kier alpha value is 0.420. The molecular weight excluding hydrogens is 198 g/mol. The average Bonchev–Trinajstić information content (AvgIpc) is 1.58. The zero-order valence-corrected chi connectivity index (χ0v) is 7.43. The van der Waals surface area contributed by atoms with Gasteiger partial charge in [0.05, 0.1) is 0 Å². The van der Waals surface area contributed by atoms with E-state index in [-0.39, 0.29) is 0 Å². The molecule has 1 atom stereocenters. The second kappa shape index (κ2) is 2.73. The van der Waals surface area contributed by atoms with E-state index in [1.54, 1.807) is 0 Å². The van der Waals surface area contributed by atoms with Gasteiger partial charge >= 0.3 is 61.7 Å². The molecule has 0 fully saturated rings. The zero-order valence-electron chi connectivity index (χ0n) is 5.54. The van der Waals surface area contributed by atoms with Crippen LogP contribution in [0, 0.1) is 0 Å². The van der Waals surface area contributed by atoms with Crippen LogP contribution in [0.3, 0.4) is 0 Å². The third-order valence-corrected chi connectivity index (χ3v) is 5.38. The molecule has 0 heterocycles. The second-order valence-electron chi connectivity index (χ2n) is 2.20. The molecule has 0 aliphatic heterocycles. The molecule has 0 spiro atoms. The Balaban J connectivity index is 4.91. The van der Waals surface area contributed by atoms with Crippen LogP contribution in [0.25, 0.3) is 0 Å². The van der Waals surface area contributed by atoms with Gasteiger partial charge in [-0.05, 0) is 0 Å². The van der Waals surface area contributed by atoms with Crippen molar-refractivity contribution in [3.05, 3.63) is 0 Å². The van der Waals surface area contributed by atoms with Crippen molar-refractivity contribution in [2.45, 2.75) is 12.0 Å². The fourth-order valence-corrected chi connectivity index (χ4v) is 1.76. The SMILES string of the molecule is CC(O)(P(=O)(O)O)[PH](O)(O)O. The Bertz CT molecular complexity index is 185. The summed E-state index contributed by atoms with van der Waals surface area (Å²) >= 11 is 0. The quantitative estimate of drug-likeness (QED) is 0.297. The Kier molecular flexibility index (Phi) is 2.83. The van der Waals surface area contributed by atoms with Gasteiger partial charge in [0.15, 0.2) is 0 Å². The van der Waals surface area contributed by atoms with Crippen LogP contribution in [0.4, 0.5) is 0 Å². The maximum absolute atomic E-state index is 10.3. The van der Waals surface area contributed by atoms with E-state index in [0.29, 0.717) is 6.92 Å². The van der Waals surface area contributed by atoms with Crippen molar-refractivity contribution < 1.29 is 34.1 Å². The van der Waals surface area contributed by atoms with Crippen molar-refractivity contribution >= 4 is 15.5 Å². The van der Waals surface area contributed by atoms with Crippen molar-refractivity contribution in [1.82, 2.24) is 0 Å². The summed E-state index contributed by atoms with van der Waals surface area (Å²) in [6, 6.07) is 0. The summed E-state index contributed by atoms with van der Waals surface area (Å²) in [4.78, 5) is 41.8. The van der Waals surface area contributed by atoms with E-state index in [1.165, 1.54) is 0 Å². The first-order valence-electron chi connectivity index (χ1n) is 2.45. The van der Waals surface area contributed by atoms with Crippen LogP contribution >= 0.6 is 15.5 Å². The van der Waals surface area contributed by atoms with E-state index >= 15 is 0 Å². The van der Waals surface area contributed by atoms with Gasteiger partial charge in [0.25, 0.3) is 0 Å². The van der Waals surface area contributed by atoms with E-state index < -0.39 is 20.6 Å². The Morgan fingerprint density at radius 2 is 1.55 bits per heavy atom. The molecule has 0 saturated carbocycles. The average molecular weight is 208 g/mol. The van der Waals surface area contributed by atoms with Gasteiger partial charge in [-0.1, -0.05) is 0 Å². The predicted octanol–water partition coefficient (Wildman–Crippen LogP) is -1.70. The number of hydrogen-bond acceptors (Lipinski definition) is 5. The van der Waals surface area contributed by atoms with Crippen LogP contribution in [-0.4, -0.2) is 34.7 Å². The van der Waals surface area contributed by atoms with Crippen LogP contribution in [0.1, 0.15) is 6.92 Å². The molecule has 0 aliphatic rings. The third kappa shape index (κ3) is 2.18. The Morgan fingerprint density at radius 1 is 1.27 bits per heavy atom. The van der Waals surface area contributed by atoms with Gasteiger partial charge in [0.2, 0.25) is 0 Å². The van der Waals surface area contributed by atoms with Crippen molar-refractivity contribution in [2.75, 3.05) is 0 Å². The summed E-state index contributed by atoms with van der Waals surface area (Å²) in [7, 11) is -10.4. The van der Waals surface area contributed by atoms with Gasteiger partial charge in [0.1, 0.15) is 0 Å². The molecule has 0 amide bonds. The minimum atomic E-state index is -5.23. The molecule has 1 unspecified atom stereocenters. The van der Waals surface area contributed by atoms with Gasteiger partial charge in [-0.25, -0.2) is 0 Å². The number of hydrogen-bond donors (Lipinski definition) is 6. The standard InChI is InChI=1S/C2H10O7P2/c1-2(3,10(4,5)6)11(7,8)9/h3-6,10H,1H3,(H2,7,8,9). The van der Waals surface area contributed by atoms with Crippen molar-refractivity contribution in [3.63, 3.8) is 0 Å². The van der Waals surface area contributed by atoms with Crippen molar-refractivity contribution in [2.24, 2.45) is 0 Å².